The molecule has 0 bridgehead atoms. The average molecular weight is 315 g/mol. The number of fused-ring (bicyclic) bond motifs is 1. The minimum Gasteiger partial charge on any atom is -0.461 e. The van der Waals surface area contributed by atoms with Crippen molar-refractivity contribution >= 4 is 17.9 Å². The fraction of sp³-hybridized carbons (Fsp3) is 0.786. The van der Waals surface area contributed by atoms with Crippen molar-refractivity contribution in [3.05, 3.63) is 0 Å². The van der Waals surface area contributed by atoms with Crippen LogP contribution in [0.3, 0.4) is 0 Å². The molecule has 8 nitrogen and oxygen atoms in total. The van der Waals surface area contributed by atoms with E-state index < -0.39 is 48.5 Å². The standard InChI is InChI=1S/C14H21NO7/c1-7(16)20-10-4-5-12(19)15-6-11(21-8(2)17)14(13(10)15)22-9(3)18/h10-14,19H,4-6H2,1-3H3/t10-,11-,12?,13-,14-/m1/s1. The van der Waals surface area contributed by atoms with Gasteiger partial charge in [0.1, 0.15) is 12.3 Å². The molecule has 2 fully saturated rings. The summed E-state index contributed by atoms with van der Waals surface area (Å²) >= 11 is 0. The second-order valence-electron chi connectivity index (χ2n) is 5.62. The number of hydrogen-bond donors (Lipinski definition) is 1. The van der Waals surface area contributed by atoms with Crippen molar-refractivity contribution in [1.82, 2.24) is 4.90 Å². The number of rotatable bonds is 3. The van der Waals surface area contributed by atoms with Crippen LogP contribution in [-0.2, 0) is 28.6 Å². The van der Waals surface area contributed by atoms with Crippen molar-refractivity contribution < 1.29 is 33.7 Å². The molecular formula is C14H21NO7. The highest BCUT2D eigenvalue weighted by molar-refractivity contribution is 5.68. The first-order chi connectivity index (χ1) is 10.3. The molecule has 0 saturated carbocycles. The monoisotopic (exact) mass is 315 g/mol. The van der Waals surface area contributed by atoms with Crippen molar-refractivity contribution in [3.8, 4) is 0 Å². The number of carbonyl (C=O) groups excluding carboxylic acids is 3. The highest BCUT2D eigenvalue weighted by Crippen LogP contribution is 2.35. The van der Waals surface area contributed by atoms with Crippen LogP contribution in [0.5, 0.6) is 0 Å². The van der Waals surface area contributed by atoms with Gasteiger partial charge in [-0.2, -0.15) is 0 Å². The molecule has 2 aliphatic heterocycles. The number of ether oxygens (including phenoxy) is 3. The van der Waals surface area contributed by atoms with Crippen molar-refractivity contribution in [1.29, 1.82) is 0 Å². The normalized spacial score (nSPS) is 34.6. The molecule has 22 heavy (non-hydrogen) atoms. The van der Waals surface area contributed by atoms with E-state index in [0.29, 0.717) is 12.8 Å². The minimum absolute atomic E-state index is 0.223. The zero-order valence-corrected chi connectivity index (χ0v) is 12.9. The zero-order valence-electron chi connectivity index (χ0n) is 12.9. The summed E-state index contributed by atoms with van der Waals surface area (Å²) in [5.41, 5.74) is 0. The van der Waals surface area contributed by atoms with Gasteiger partial charge in [-0.05, 0) is 12.8 Å². The topological polar surface area (TPSA) is 102 Å². The summed E-state index contributed by atoms with van der Waals surface area (Å²) < 4.78 is 15.8. The fourth-order valence-corrected chi connectivity index (χ4v) is 3.23. The van der Waals surface area contributed by atoms with Gasteiger partial charge in [0.25, 0.3) is 0 Å². The Labute approximate surface area is 128 Å². The molecule has 0 aromatic heterocycles. The third kappa shape index (κ3) is 3.56. The first kappa shape index (κ1) is 16.7. The van der Waals surface area contributed by atoms with Crippen LogP contribution >= 0.6 is 0 Å². The number of nitrogens with zero attached hydrogens (tertiary/aromatic N) is 1. The van der Waals surface area contributed by atoms with Crippen LogP contribution in [0.25, 0.3) is 0 Å². The smallest absolute Gasteiger partial charge is 0.303 e. The maximum absolute atomic E-state index is 11.4. The second kappa shape index (κ2) is 6.62. The van der Waals surface area contributed by atoms with E-state index in [1.807, 2.05) is 0 Å². The van der Waals surface area contributed by atoms with E-state index in [2.05, 4.69) is 0 Å². The summed E-state index contributed by atoms with van der Waals surface area (Å²) in [5, 5.41) is 10.1. The van der Waals surface area contributed by atoms with E-state index in [4.69, 9.17) is 14.2 Å². The molecule has 2 rings (SSSR count). The summed E-state index contributed by atoms with van der Waals surface area (Å²) in [4.78, 5) is 35.6. The minimum atomic E-state index is -0.777. The van der Waals surface area contributed by atoms with Crippen molar-refractivity contribution in [3.63, 3.8) is 0 Å². The molecule has 1 unspecified atom stereocenters. The van der Waals surface area contributed by atoms with Gasteiger partial charge in [-0.1, -0.05) is 0 Å². The van der Waals surface area contributed by atoms with Gasteiger partial charge in [-0.15, -0.1) is 0 Å². The fourth-order valence-electron chi connectivity index (χ4n) is 3.23. The lowest BCUT2D eigenvalue weighted by atomic mass is 9.95. The Morgan fingerprint density at radius 1 is 0.909 bits per heavy atom. The molecule has 1 N–H and O–H groups in total. The van der Waals surface area contributed by atoms with Gasteiger partial charge in [0.05, 0.1) is 6.04 Å². The van der Waals surface area contributed by atoms with E-state index in [0.717, 1.165) is 0 Å². The molecule has 2 saturated heterocycles. The number of aliphatic hydroxyl groups excluding tert-OH is 1. The van der Waals surface area contributed by atoms with Crippen molar-refractivity contribution in [2.75, 3.05) is 6.54 Å². The third-order valence-electron chi connectivity index (χ3n) is 3.89. The molecule has 0 radical (unpaired) electrons. The average Bonchev–Trinajstić information content (AvgIpc) is 2.71. The number of hydrogen-bond acceptors (Lipinski definition) is 8. The van der Waals surface area contributed by atoms with E-state index in [-0.39, 0.29) is 6.54 Å². The Bertz CT molecular complexity index is 466. The summed E-state index contributed by atoms with van der Waals surface area (Å²) in [5.74, 6) is -1.47. The quantitative estimate of drug-likeness (QED) is 0.553. The number of aliphatic hydroxyl groups is 1. The SMILES string of the molecule is CC(=O)O[C@H]1[C@H]2[C@H](OC(C)=O)CCC(O)N2C[C@H]1OC(C)=O. The molecular weight excluding hydrogens is 294 g/mol. The first-order valence-corrected chi connectivity index (χ1v) is 7.25. The maximum atomic E-state index is 11.4. The molecule has 0 amide bonds. The number of piperidine rings is 1. The molecule has 0 aromatic rings. The number of carbonyl (C=O) groups is 3. The summed E-state index contributed by atoms with van der Waals surface area (Å²) in [6, 6.07) is -0.527. The van der Waals surface area contributed by atoms with Crippen LogP contribution < -0.4 is 0 Å². The lowest BCUT2D eigenvalue weighted by Gasteiger charge is -2.40. The molecule has 0 spiro atoms. The number of esters is 3. The molecule has 2 aliphatic rings. The van der Waals surface area contributed by atoms with Gasteiger partial charge < -0.3 is 19.3 Å². The van der Waals surface area contributed by atoms with Crippen molar-refractivity contribution in [2.24, 2.45) is 0 Å². The Hall–Kier alpha value is -1.67. The van der Waals surface area contributed by atoms with E-state index >= 15 is 0 Å². The van der Waals surface area contributed by atoms with Gasteiger partial charge in [-0.25, -0.2) is 0 Å². The predicted molar refractivity (Wildman–Crippen MR) is 72.4 cm³/mol. The van der Waals surface area contributed by atoms with Gasteiger partial charge in [-0.3, -0.25) is 19.3 Å². The lowest BCUT2D eigenvalue weighted by Crippen LogP contribution is -2.55. The third-order valence-corrected chi connectivity index (χ3v) is 3.89. The van der Waals surface area contributed by atoms with E-state index in [1.165, 1.54) is 20.8 Å². The van der Waals surface area contributed by atoms with E-state index in [1.54, 1.807) is 4.90 Å². The van der Waals surface area contributed by atoms with Crippen LogP contribution in [0, 0.1) is 0 Å². The van der Waals surface area contributed by atoms with E-state index in [9.17, 15) is 19.5 Å². The Morgan fingerprint density at radius 3 is 2.00 bits per heavy atom. The Balaban J connectivity index is 2.26. The highest BCUT2D eigenvalue weighted by Gasteiger charge is 2.54. The second-order valence-corrected chi connectivity index (χ2v) is 5.62. The Kier molecular flexibility index (Phi) is 5.02. The predicted octanol–water partition coefficient (Wildman–Crippen LogP) is -0.422. The molecule has 0 aromatic carbocycles. The molecule has 0 aliphatic carbocycles. The summed E-state index contributed by atoms with van der Waals surface area (Å²) in [6.07, 6.45) is -1.88. The molecule has 2 heterocycles. The Morgan fingerprint density at radius 2 is 1.45 bits per heavy atom. The van der Waals surface area contributed by atoms with Gasteiger partial charge in [0.2, 0.25) is 0 Å². The van der Waals surface area contributed by atoms with Crippen molar-refractivity contribution in [2.45, 2.75) is 64.2 Å². The molecule has 8 heteroatoms. The van der Waals surface area contributed by atoms with Gasteiger partial charge in [0.15, 0.2) is 12.2 Å². The van der Waals surface area contributed by atoms with Crippen LogP contribution in [0.2, 0.25) is 0 Å². The largest absolute Gasteiger partial charge is 0.461 e. The summed E-state index contributed by atoms with van der Waals surface area (Å²) in [7, 11) is 0. The van der Waals surface area contributed by atoms with Crippen LogP contribution in [0.15, 0.2) is 0 Å². The lowest BCUT2D eigenvalue weighted by molar-refractivity contribution is -0.174. The first-order valence-electron chi connectivity index (χ1n) is 7.25. The van der Waals surface area contributed by atoms with Crippen LogP contribution in [-0.4, -0.2) is 65.0 Å². The highest BCUT2D eigenvalue weighted by atomic mass is 16.6. The summed E-state index contributed by atoms with van der Waals surface area (Å²) in [6.45, 7) is 4.05. The maximum Gasteiger partial charge on any atom is 0.303 e. The van der Waals surface area contributed by atoms with Gasteiger partial charge >= 0.3 is 17.9 Å². The van der Waals surface area contributed by atoms with Gasteiger partial charge in [0, 0.05) is 27.3 Å². The van der Waals surface area contributed by atoms with Crippen LogP contribution in [0.1, 0.15) is 33.6 Å². The van der Waals surface area contributed by atoms with Crippen LogP contribution in [0.4, 0.5) is 0 Å². The molecule has 124 valence electrons. The zero-order chi connectivity index (χ0) is 16.4. The molecule has 5 atom stereocenters.